The molecule has 0 atom stereocenters. The van der Waals surface area contributed by atoms with Crippen LogP contribution in [0.5, 0.6) is 0 Å². The molecule has 3 nitrogen and oxygen atoms in total. The first kappa shape index (κ1) is 9.19. The van der Waals surface area contributed by atoms with Crippen LogP contribution in [0.2, 0.25) is 0 Å². The summed E-state index contributed by atoms with van der Waals surface area (Å²) in [6, 6.07) is 3.19. The zero-order chi connectivity index (χ0) is 9.03. The Morgan fingerprint density at radius 2 is 2.25 bits per heavy atom. The summed E-state index contributed by atoms with van der Waals surface area (Å²) in [5, 5.41) is 0. The zero-order valence-corrected chi connectivity index (χ0v) is 7.71. The van der Waals surface area contributed by atoms with Crippen molar-refractivity contribution in [2.45, 2.75) is 18.2 Å². The molecule has 1 heterocycles. The molecule has 1 aromatic heterocycles. The van der Waals surface area contributed by atoms with Crippen LogP contribution in [-0.2, 0) is 9.84 Å². The average Bonchev–Trinajstić information content (AvgIpc) is 2.06. The molecule has 0 aliphatic rings. The van der Waals surface area contributed by atoms with Gasteiger partial charge in [0.1, 0.15) is 0 Å². The maximum absolute atomic E-state index is 11.4. The molecule has 0 N–H and O–H groups in total. The van der Waals surface area contributed by atoms with Crippen molar-refractivity contribution in [1.29, 1.82) is 0 Å². The summed E-state index contributed by atoms with van der Waals surface area (Å²) >= 11 is 0. The van der Waals surface area contributed by atoms with Crippen LogP contribution in [0.15, 0.2) is 29.4 Å². The van der Waals surface area contributed by atoms with Crippen LogP contribution in [0, 0.1) is 0 Å². The van der Waals surface area contributed by atoms with E-state index >= 15 is 0 Å². The van der Waals surface area contributed by atoms with Crippen LogP contribution in [-0.4, -0.2) is 19.2 Å². The van der Waals surface area contributed by atoms with Crippen LogP contribution >= 0.6 is 0 Å². The normalized spacial score (nSPS) is 11.4. The highest BCUT2D eigenvalue weighted by Crippen LogP contribution is 2.08. The van der Waals surface area contributed by atoms with E-state index in [1.807, 2.05) is 6.92 Å². The Morgan fingerprint density at radius 3 is 2.75 bits per heavy atom. The van der Waals surface area contributed by atoms with E-state index in [1.165, 1.54) is 6.20 Å². The molecular formula is C8H11NO2S. The number of pyridine rings is 1. The summed E-state index contributed by atoms with van der Waals surface area (Å²) in [6.45, 7) is 1.84. The minimum absolute atomic E-state index is 0.193. The lowest BCUT2D eigenvalue weighted by Crippen LogP contribution is -2.05. The largest absolute Gasteiger partial charge is 0.263 e. The van der Waals surface area contributed by atoms with Crippen molar-refractivity contribution in [1.82, 2.24) is 4.98 Å². The van der Waals surface area contributed by atoms with Gasteiger partial charge < -0.3 is 0 Å². The van der Waals surface area contributed by atoms with Crippen molar-refractivity contribution >= 4 is 9.84 Å². The molecule has 66 valence electrons. The van der Waals surface area contributed by atoms with E-state index in [2.05, 4.69) is 4.98 Å². The van der Waals surface area contributed by atoms with E-state index < -0.39 is 9.84 Å². The monoisotopic (exact) mass is 185 g/mol. The van der Waals surface area contributed by atoms with Gasteiger partial charge in [-0.25, -0.2) is 8.42 Å². The predicted octanol–water partition coefficient (Wildman–Crippen LogP) is 1.27. The molecule has 0 unspecified atom stereocenters. The summed E-state index contributed by atoms with van der Waals surface area (Å²) in [4.78, 5) is 4.07. The average molecular weight is 185 g/mol. The van der Waals surface area contributed by atoms with Crippen molar-refractivity contribution in [2.75, 3.05) is 5.75 Å². The molecule has 0 saturated carbocycles. The van der Waals surface area contributed by atoms with E-state index in [1.54, 1.807) is 18.3 Å². The Labute approximate surface area is 72.4 Å². The molecule has 1 rings (SSSR count). The highest BCUT2D eigenvalue weighted by molar-refractivity contribution is 7.91. The van der Waals surface area contributed by atoms with E-state index in [0.29, 0.717) is 11.3 Å². The first-order valence-corrected chi connectivity index (χ1v) is 5.45. The third-order valence-corrected chi connectivity index (χ3v) is 3.37. The van der Waals surface area contributed by atoms with Crippen LogP contribution in [0.3, 0.4) is 0 Å². The van der Waals surface area contributed by atoms with Crippen LogP contribution < -0.4 is 0 Å². The number of hydrogen-bond donors (Lipinski definition) is 0. The Hall–Kier alpha value is -0.900. The van der Waals surface area contributed by atoms with Gasteiger partial charge in [-0.1, -0.05) is 6.92 Å². The molecule has 1 aromatic rings. The molecule has 0 fully saturated rings. The fourth-order valence-electron chi connectivity index (χ4n) is 0.918. The third-order valence-electron chi connectivity index (χ3n) is 1.47. The highest BCUT2D eigenvalue weighted by Gasteiger charge is 2.11. The maximum Gasteiger partial charge on any atom is 0.179 e. The van der Waals surface area contributed by atoms with Crippen molar-refractivity contribution < 1.29 is 8.42 Å². The Kier molecular flexibility index (Phi) is 2.81. The van der Waals surface area contributed by atoms with Crippen molar-refractivity contribution in [3.63, 3.8) is 0 Å². The molecule has 0 amide bonds. The second-order valence-electron chi connectivity index (χ2n) is 2.51. The molecule has 0 bridgehead atoms. The molecule has 12 heavy (non-hydrogen) atoms. The van der Waals surface area contributed by atoms with Gasteiger partial charge >= 0.3 is 0 Å². The summed E-state index contributed by atoms with van der Waals surface area (Å²) in [6.07, 6.45) is 3.58. The minimum Gasteiger partial charge on any atom is -0.263 e. The van der Waals surface area contributed by atoms with Crippen molar-refractivity contribution in [3.8, 4) is 0 Å². The molecular weight excluding hydrogens is 174 g/mol. The van der Waals surface area contributed by atoms with Crippen molar-refractivity contribution in [3.05, 3.63) is 24.5 Å². The smallest absolute Gasteiger partial charge is 0.179 e. The van der Waals surface area contributed by atoms with E-state index in [-0.39, 0.29) is 5.75 Å². The van der Waals surface area contributed by atoms with Gasteiger partial charge in [0.15, 0.2) is 9.84 Å². The summed E-state index contributed by atoms with van der Waals surface area (Å²) < 4.78 is 22.8. The first-order chi connectivity index (χ1) is 5.67. The van der Waals surface area contributed by atoms with E-state index in [0.717, 1.165) is 0 Å². The number of hydrogen-bond acceptors (Lipinski definition) is 3. The standard InChI is InChI=1S/C8H11NO2S/c1-2-6-12(10,11)8-4-3-5-9-7-8/h3-5,7H,2,6H2,1H3. The molecule has 0 radical (unpaired) electrons. The van der Waals surface area contributed by atoms with Gasteiger partial charge in [0.2, 0.25) is 0 Å². The van der Waals surface area contributed by atoms with Gasteiger partial charge in [-0.3, -0.25) is 4.98 Å². The lowest BCUT2D eigenvalue weighted by molar-refractivity contribution is 0.594. The van der Waals surface area contributed by atoms with Gasteiger partial charge in [0, 0.05) is 12.4 Å². The summed E-state index contributed by atoms with van der Waals surface area (Å²) in [7, 11) is -3.07. The number of rotatable bonds is 3. The number of aromatic nitrogens is 1. The Morgan fingerprint density at radius 1 is 1.50 bits per heavy atom. The molecule has 0 aliphatic carbocycles. The fourth-order valence-corrected chi connectivity index (χ4v) is 2.20. The lowest BCUT2D eigenvalue weighted by Gasteiger charge is -1.99. The van der Waals surface area contributed by atoms with Gasteiger partial charge in [-0.2, -0.15) is 0 Å². The Balaban J connectivity index is 2.99. The van der Waals surface area contributed by atoms with Crippen molar-refractivity contribution in [2.24, 2.45) is 0 Å². The highest BCUT2D eigenvalue weighted by atomic mass is 32.2. The van der Waals surface area contributed by atoms with Crippen LogP contribution in [0.25, 0.3) is 0 Å². The zero-order valence-electron chi connectivity index (χ0n) is 6.90. The van der Waals surface area contributed by atoms with Gasteiger partial charge in [-0.15, -0.1) is 0 Å². The van der Waals surface area contributed by atoms with E-state index in [9.17, 15) is 8.42 Å². The predicted molar refractivity (Wildman–Crippen MR) is 46.6 cm³/mol. The molecule has 0 aromatic carbocycles. The lowest BCUT2D eigenvalue weighted by atomic mass is 10.5. The molecule has 0 aliphatic heterocycles. The molecule has 0 spiro atoms. The first-order valence-electron chi connectivity index (χ1n) is 3.79. The van der Waals surface area contributed by atoms with Gasteiger partial charge in [0.05, 0.1) is 10.6 Å². The third kappa shape index (κ3) is 2.04. The van der Waals surface area contributed by atoms with Gasteiger partial charge in [0.25, 0.3) is 0 Å². The second-order valence-corrected chi connectivity index (χ2v) is 4.62. The second kappa shape index (κ2) is 3.67. The summed E-state index contributed by atoms with van der Waals surface area (Å²) in [5.74, 6) is 0.193. The topological polar surface area (TPSA) is 47.0 Å². The fraction of sp³-hybridized carbons (Fsp3) is 0.375. The van der Waals surface area contributed by atoms with Gasteiger partial charge in [-0.05, 0) is 18.6 Å². The summed E-state index contributed by atoms with van der Waals surface area (Å²) in [5.41, 5.74) is 0. The quantitative estimate of drug-likeness (QED) is 0.712. The minimum atomic E-state index is -3.07. The number of nitrogens with zero attached hydrogens (tertiary/aromatic N) is 1. The maximum atomic E-state index is 11.4. The van der Waals surface area contributed by atoms with E-state index in [4.69, 9.17) is 0 Å². The van der Waals surface area contributed by atoms with Crippen LogP contribution in [0.4, 0.5) is 0 Å². The van der Waals surface area contributed by atoms with Crippen LogP contribution in [0.1, 0.15) is 13.3 Å². The Bertz CT molecular complexity index is 331. The molecule has 0 saturated heterocycles. The number of sulfone groups is 1. The molecule has 4 heteroatoms. The SMILES string of the molecule is CCCS(=O)(=O)c1cccnc1.